The molecule has 7 heteroatoms. The Morgan fingerprint density at radius 3 is 2.54 bits per heavy atom. The fraction of sp³-hybridized carbons (Fsp3) is 0.632. The van der Waals surface area contributed by atoms with Crippen LogP contribution < -0.4 is 10.1 Å². The number of rotatable bonds is 9. The summed E-state index contributed by atoms with van der Waals surface area (Å²) in [7, 11) is 3.17. The van der Waals surface area contributed by atoms with E-state index in [1.807, 2.05) is 6.92 Å². The van der Waals surface area contributed by atoms with Crippen molar-refractivity contribution in [1.29, 1.82) is 0 Å². The van der Waals surface area contributed by atoms with Gasteiger partial charge in [-0.15, -0.1) is 11.3 Å². The first-order valence-corrected chi connectivity index (χ1v) is 9.82. The molecular formula is C19H29N3O3S. The Morgan fingerprint density at radius 2 is 1.92 bits per heavy atom. The Hall–Kier alpha value is -1.73. The second-order valence-electron chi connectivity index (χ2n) is 7.02. The van der Waals surface area contributed by atoms with Crippen molar-refractivity contribution in [2.24, 2.45) is 5.92 Å². The smallest absolute Gasteiger partial charge is 0.261 e. The maximum atomic E-state index is 12.7. The third kappa shape index (κ3) is 4.92. The quantitative estimate of drug-likeness (QED) is 0.710. The zero-order valence-electron chi connectivity index (χ0n) is 16.5. The van der Waals surface area contributed by atoms with Gasteiger partial charge in [0.1, 0.15) is 11.4 Å². The van der Waals surface area contributed by atoms with Crippen molar-refractivity contribution in [3.05, 3.63) is 16.3 Å². The van der Waals surface area contributed by atoms with Gasteiger partial charge in [-0.25, -0.2) is 4.98 Å². The molecule has 2 heterocycles. The highest BCUT2D eigenvalue weighted by Crippen LogP contribution is 2.35. The standard InChI is InChI=1S/C19H29N3O3S/c1-11(2)8-7-9-12(3)20-17(23)16-13(4)15-18(25-6)21-14(10-24-5)22-19(15)26-16/h11-12H,7-10H2,1-6H3,(H,20,23). The van der Waals surface area contributed by atoms with Crippen molar-refractivity contribution in [1.82, 2.24) is 15.3 Å². The molecule has 0 saturated carbocycles. The van der Waals surface area contributed by atoms with Crippen LogP contribution in [0.1, 0.15) is 61.1 Å². The van der Waals surface area contributed by atoms with E-state index in [0.717, 1.165) is 28.6 Å². The maximum absolute atomic E-state index is 12.7. The first-order valence-electron chi connectivity index (χ1n) is 9.01. The summed E-state index contributed by atoms with van der Waals surface area (Å²) in [5.41, 5.74) is 0.859. The summed E-state index contributed by atoms with van der Waals surface area (Å²) in [5, 5.41) is 3.91. The van der Waals surface area contributed by atoms with Gasteiger partial charge in [-0.1, -0.05) is 26.7 Å². The van der Waals surface area contributed by atoms with Crippen LogP contribution in [0.4, 0.5) is 0 Å². The molecule has 1 N–H and O–H groups in total. The summed E-state index contributed by atoms with van der Waals surface area (Å²) in [6, 6.07) is 0.142. The average Bonchev–Trinajstić information content (AvgIpc) is 2.91. The van der Waals surface area contributed by atoms with Crippen LogP contribution in [0.3, 0.4) is 0 Å². The lowest BCUT2D eigenvalue weighted by Crippen LogP contribution is -2.32. The van der Waals surface area contributed by atoms with E-state index in [1.54, 1.807) is 14.2 Å². The fourth-order valence-electron chi connectivity index (χ4n) is 2.90. The molecule has 1 atom stereocenters. The van der Waals surface area contributed by atoms with E-state index in [9.17, 15) is 4.79 Å². The van der Waals surface area contributed by atoms with E-state index in [-0.39, 0.29) is 11.9 Å². The van der Waals surface area contributed by atoms with Gasteiger partial charge >= 0.3 is 0 Å². The summed E-state index contributed by atoms with van der Waals surface area (Å²) in [5.74, 6) is 1.67. The van der Waals surface area contributed by atoms with Crippen LogP contribution in [0.5, 0.6) is 5.88 Å². The van der Waals surface area contributed by atoms with Crippen LogP contribution in [-0.2, 0) is 11.3 Å². The number of hydrogen-bond donors (Lipinski definition) is 1. The van der Waals surface area contributed by atoms with Gasteiger partial charge in [0.25, 0.3) is 5.91 Å². The fourth-order valence-corrected chi connectivity index (χ4v) is 3.99. The molecule has 0 bridgehead atoms. The highest BCUT2D eigenvalue weighted by atomic mass is 32.1. The molecule has 2 rings (SSSR count). The highest BCUT2D eigenvalue weighted by Gasteiger charge is 2.22. The number of aromatic nitrogens is 2. The number of thiophene rings is 1. The number of amides is 1. The molecule has 0 spiro atoms. The number of fused-ring (bicyclic) bond motifs is 1. The molecule has 2 aromatic rings. The van der Waals surface area contributed by atoms with Gasteiger partial charge in [-0.2, -0.15) is 4.98 Å². The van der Waals surface area contributed by atoms with Gasteiger partial charge < -0.3 is 14.8 Å². The van der Waals surface area contributed by atoms with Crippen molar-refractivity contribution in [3.8, 4) is 5.88 Å². The third-order valence-electron chi connectivity index (χ3n) is 4.27. The normalized spacial score (nSPS) is 12.6. The molecule has 144 valence electrons. The lowest BCUT2D eigenvalue weighted by Gasteiger charge is -2.14. The summed E-state index contributed by atoms with van der Waals surface area (Å²) < 4.78 is 10.5. The lowest BCUT2D eigenvalue weighted by atomic mass is 10.0. The number of nitrogens with zero attached hydrogens (tertiary/aromatic N) is 2. The minimum atomic E-state index is -0.0575. The molecule has 0 aromatic carbocycles. The predicted molar refractivity (Wildman–Crippen MR) is 105 cm³/mol. The monoisotopic (exact) mass is 379 g/mol. The van der Waals surface area contributed by atoms with Gasteiger partial charge in [0.15, 0.2) is 5.82 Å². The van der Waals surface area contributed by atoms with Gasteiger partial charge in [0.2, 0.25) is 5.88 Å². The molecule has 0 aliphatic carbocycles. The van der Waals surface area contributed by atoms with Gasteiger partial charge in [-0.05, 0) is 31.7 Å². The van der Waals surface area contributed by atoms with Gasteiger partial charge in [0, 0.05) is 13.2 Å². The molecule has 1 unspecified atom stereocenters. The molecule has 1 amide bonds. The van der Waals surface area contributed by atoms with Crippen molar-refractivity contribution in [2.45, 2.75) is 59.6 Å². The van der Waals surface area contributed by atoms with E-state index in [0.29, 0.717) is 29.1 Å². The molecule has 6 nitrogen and oxygen atoms in total. The number of carbonyl (C=O) groups excluding carboxylic acids is 1. The van der Waals surface area contributed by atoms with Gasteiger partial charge in [0.05, 0.1) is 17.4 Å². The van der Waals surface area contributed by atoms with Crippen LogP contribution in [-0.4, -0.2) is 36.1 Å². The van der Waals surface area contributed by atoms with Crippen LogP contribution >= 0.6 is 11.3 Å². The molecule has 0 aliphatic heterocycles. The topological polar surface area (TPSA) is 73.3 Å². The number of aryl methyl sites for hydroxylation is 1. The third-order valence-corrected chi connectivity index (χ3v) is 5.46. The molecule has 0 aliphatic rings. The molecule has 26 heavy (non-hydrogen) atoms. The van der Waals surface area contributed by atoms with E-state index in [2.05, 4.69) is 36.1 Å². The Labute approximate surface area is 159 Å². The highest BCUT2D eigenvalue weighted by molar-refractivity contribution is 7.20. The van der Waals surface area contributed by atoms with Crippen LogP contribution in [0.15, 0.2) is 0 Å². The van der Waals surface area contributed by atoms with E-state index in [1.165, 1.54) is 17.8 Å². The predicted octanol–water partition coefficient (Wildman–Crippen LogP) is 4.10. The zero-order valence-corrected chi connectivity index (χ0v) is 17.3. The first kappa shape index (κ1) is 20.6. The SMILES string of the molecule is COCc1nc(OC)c2c(C)c(C(=O)NC(C)CCCC(C)C)sc2n1. The van der Waals surface area contributed by atoms with Crippen LogP contribution in [0.2, 0.25) is 0 Å². The summed E-state index contributed by atoms with van der Waals surface area (Å²) >= 11 is 1.37. The Kier molecular flexibility index (Phi) is 7.34. The minimum absolute atomic E-state index is 0.0575. The Morgan fingerprint density at radius 1 is 1.19 bits per heavy atom. The number of hydrogen-bond acceptors (Lipinski definition) is 6. The van der Waals surface area contributed by atoms with Crippen molar-refractivity contribution in [2.75, 3.05) is 14.2 Å². The number of methoxy groups -OCH3 is 2. The number of carbonyl (C=O) groups is 1. The molecule has 0 saturated heterocycles. The van der Waals surface area contributed by atoms with E-state index >= 15 is 0 Å². The van der Waals surface area contributed by atoms with Gasteiger partial charge in [-0.3, -0.25) is 4.79 Å². The largest absolute Gasteiger partial charge is 0.480 e. The summed E-state index contributed by atoms with van der Waals surface area (Å²) in [6.07, 6.45) is 3.27. The summed E-state index contributed by atoms with van der Waals surface area (Å²) in [4.78, 5) is 23.0. The second kappa shape index (κ2) is 9.28. The van der Waals surface area contributed by atoms with Crippen LogP contribution in [0, 0.1) is 12.8 Å². The number of ether oxygens (including phenoxy) is 2. The zero-order chi connectivity index (χ0) is 19.3. The molecule has 0 fully saturated rings. The maximum Gasteiger partial charge on any atom is 0.261 e. The number of nitrogens with one attached hydrogen (secondary N) is 1. The summed E-state index contributed by atoms with van der Waals surface area (Å²) in [6.45, 7) is 8.71. The minimum Gasteiger partial charge on any atom is -0.480 e. The van der Waals surface area contributed by atoms with E-state index < -0.39 is 0 Å². The second-order valence-corrected chi connectivity index (χ2v) is 8.02. The van der Waals surface area contributed by atoms with Crippen LogP contribution in [0.25, 0.3) is 10.2 Å². The first-order chi connectivity index (χ1) is 12.4. The molecule has 2 aromatic heterocycles. The lowest BCUT2D eigenvalue weighted by molar-refractivity contribution is 0.0941. The average molecular weight is 380 g/mol. The Balaban J connectivity index is 2.21. The Bertz CT molecular complexity index is 758. The molecular weight excluding hydrogens is 350 g/mol. The van der Waals surface area contributed by atoms with E-state index in [4.69, 9.17) is 9.47 Å². The van der Waals surface area contributed by atoms with Crippen molar-refractivity contribution >= 4 is 27.5 Å². The van der Waals surface area contributed by atoms with Crippen molar-refractivity contribution < 1.29 is 14.3 Å². The van der Waals surface area contributed by atoms with Crippen molar-refractivity contribution in [3.63, 3.8) is 0 Å². The molecule has 0 radical (unpaired) electrons.